The van der Waals surface area contributed by atoms with Crippen molar-refractivity contribution in [1.29, 1.82) is 0 Å². The van der Waals surface area contributed by atoms with E-state index >= 15 is 0 Å². The molecule has 2 aliphatic rings. The number of alkyl halides is 1. The fraction of sp³-hybridized carbons (Fsp3) is 1.00. The lowest BCUT2D eigenvalue weighted by Crippen LogP contribution is -2.45. The summed E-state index contributed by atoms with van der Waals surface area (Å²) in [4.78, 5) is 0. The van der Waals surface area contributed by atoms with Gasteiger partial charge in [-0.1, -0.05) is 26.2 Å². The first kappa shape index (κ1) is 11.4. The van der Waals surface area contributed by atoms with Gasteiger partial charge in [0.05, 0.1) is 0 Å². The Labute approximate surface area is 92.8 Å². The Morgan fingerprint density at radius 1 is 1.07 bits per heavy atom. The summed E-state index contributed by atoms with van der Waals surface area (Å²) in [7, 11) is 0. The van der Waals surface area contributed by atoms with Crippen LogP contribution < -0.4 is 5.32 Å². The van der Waals surface area contributed by atoms with Gasteiger partial charge in [-0.15, -0.1) is 0 Å². The summed E-state index contributed by atoms with van der Waals surface area (Å²) in [6, 6.07) is 0.164. The lowest BCUT2D eigenvalue weighted by atomic mass is 9.78. The van der Waals surface area contributed by atoms with Gasteiger partial charge in [0.1, 0.15) is 6.17 Å². The summed E-state index contributed by atoms with van der Waals surface area (Å²) in [5.41, 5.74) is 0. The molecule has 2 atom stereocenters. The first-order chi connectivity index (χ1) is 7.27. The zero-order valence-electron chi connectivity index (χ0n) is 9.84. The van der Waals surface area contributed by atoms with Crippen molar-refractivity contribution in [2.24, 2.45) is 11.8 Å². The first-order valence-electron chi connectivity index (χ1n) is 6.65. The molecular weight excluding hydrogens is 189 g/mol. The summed E-state index contributed by atoms with van der Waals surface area (Å²) in [5.74, 6) is 1.17. The minimum Gasteiger partial charge on any atom is -0.311 e. The molecule has 1 saturated heterocycles. The summed E-state index contributed by atoms with van der Waals surface area (Å²) in [5, 5.41) is 3.35. The molecule has 2 fully saturated rings. The monoisotopic (exact) mass is 213 g/mol. The van der Waals surface area contributed by atoms with Gasteiger partial charge in [0.15, 0.2) is 0 Å². The van der Waals surface area contributed by atoms with E-state index in [1.54, 1.807) is 0 Å². The molecule has 1 saturated carbocycles. The number of halogens is 1. The first-order valence-corrected chi connectivity index (χ1v) is 6.65. The van der Waals surface area contributed by atoms with E-state index in [1.807, 2.05) is 0 Å². The molecule has 2 unspecified atom stereocenters. The number of rotatable bonds is 2. The van der Waals surface area contributed by atoms with Gasteiger partial charge in [-0.2, -0.15) is 0 Å². The third-order valence-corrected chi connectivity index (χ3v) is 4.24. The van der Waals surface area contributed by atoms with Crippen LogP contribution in [0, 0.1) is 11.8 Å². The molecule has 1 N–H and O–H groups in total. The third kappa shape index (κ3) is 2.93. The van der Waals surface area contributed by atoms with E-state index < -0.39 is 6.17 Å². The zero-order valence-corrected chi connectivity index (χ0v) is 9.84. The molecule has 2 heteroatoms. The Bertz CT molecular complexity index is 181. The summed E-state index contributed by atoms with van der Waals surface area (Å²) in [6.07, 6.45) is 7.59. The molecule has 0 aromatic heterocycles. The van der Waals surface area contributed by atoms with Crippen molar-refractivity contribution in [2.75, 3.05) is 6.54 Å². The van der Waals surface area contributed by atoms with Crippen molar-refractivity contribution in [3.8, 4) is 0 Å². The van der Waals surface area contributed by atoms with Gasteiger partial charge < -0.3 is 5.32 Å². The average molecular weight is 213 g/mol. The molecule has 0 amide bonds. The van der Waals surface area contributed by atoms with E-state index in [4.69, 9.17) is 0 Å². The predicted octanol–water partition coefficient (Wildman–Crippen LogP) is 3.29. The number of nitrogens with one attached hydrogen (secondary N) is 1. The van der Waals surface area contributed by atoms with Gasteiger partial charge in [-0.05, 0) is 44.1 Å². The maximum absolute atomic E-state index is 14.2. The van der Waals surface area contributed by atoms with Gasteiger partial charge in [-0.3, -0.25) is 0 Å². The smallest absolute Gasteiger partial charge is 0.118 e. The van der Waals surface area contributed by atoms with Gasteiger partial charge in [0.25, 0.3) is 0 Å². The fourth-order valence-corrected chi connectivity index (χ4v) is 3.08. The van der Waals surface area contributed by atoms with Crippen LogP contribution in [0.15, 0.2) is 0 Å². The summed E-state index contributed by atoms with van der Waals surface area (Å²) in [6.45, 7) is 3.32. The highest BCUT2D eigenvalue weighted by Crippen LogP contribution is 2.34. The highest BCUT2D eigenvalue weighted by Gasteiger charge is 2.32. The SMILES string of the molecule is CC1CCC(C(F)C2CCCCN2)CC1. The normalized spacial score (nSPS) is 40.0. The van der Waals surface area contributed by atoms with E-state index in [0.29, 0.717) is 5.92 Å². The van der Waals surface area contributed by atoms with Gasteiger partial charge in [0.2, 0.25) is 0 Å². The van der Waals surface area contributed by atoms with Crippen molar-refractivity contribution in [3.05, 3.63) is 0 Å². The molecule has 1 aliphatic carbocycles. The molecule has 0 spiro atoms. The second-order valence-corrected chi connectivity index (χ2v) is 5.52. The number of piperidine rings is 1. The molecule has 0 aromatic rings. The van der Waals surface area contributed by atoms with Crippen LogP contribution in [0.3, 0.4) is 0 Å². The van der Waals surface area contributed by atoms with Crippen molar-refractivity contribution in [1.82, 2.24) is 5.32 Å². The topological polar surface area (TPSA) is 12.0 Å². The Morgan fingerprint density at radius 3 is 2.40 bits per heavy atom. The van der Waals surface area contributed by atoms with Crippen molar-refractivity contribution >= 4 is 0 Å². The van der Waals surface area contributed by atoms with Crippen LogP contribution in [-0.2, 0) is 0 Å². The van der Waals surface area contributed by atoms with Crippen molar-refractivity contribution < 1.29 is 4.39 Å². The standard InChI is InChI=1S/C13H24FN/c1-10-5-7-11(8-6-10)13(14)12-4-2-3-9-15-12/h10-13,15H,2-9H2,1H3. The maximum atomic E-state index is 14.2. The highest BCUT2D eigenvalue weighted by atomic mass is 19.1. The molecule has 1 heterocycles. The van der Waals surface area contributed by atoms with Crippen LogP contribution >= 0.6 is 0 Å². The lowest BCUT2D eigenvalue weighted by molar-refractivity contribution is 0.111. The molecule has 0 aromatic carbocycles. The molecular formula is C13H24FN. The minimum atomic E-state index is -0.585. The number of hydrogen-bond acceptors (Lipinski definition) is 1. The van der Waals surface area contributed by atoms with Crippen LogP contribution in [0.5, 0.6) is 0 Å². The van der Waals surface area contributed by atoms with E-state index in [1.165, 1.54) is 25.7 Å². The molecule has 15 heavy (non-hydrogen) atoms. The molecule has 0 bridgehead atoms. The maximum Gasteiger partial charge on any atom is 0.118 e. The van der Waals surface area contributed by atoms with Crippen LogP contribution in [0.2, 0.25) is 0 Å². The van der Waals surface area contributed by atoms with Gasteiger partial charge in [-0.25, -0.2) is 4.39 Å². The number of hydrogen-bond donors (Lipinski definition) is 1. The van der Waals surface area contributed by atoms with Crippen LogP contribution in [0.4, 0.5) is 4.39 Å². The van der Waals surface area contributed by atoms with Gasteiger partial charge in [0, 0.05) is 6.04 Å². The predicted molar refractivity (Wildman–Crippen MR) is 61.7 cm³/mol. The quantitative estimate of drug-likeness (QED) is 0.742. The van der Waals surface area contributed by atoms with E-state index in [2.05, 4.69) is 12.2 Å². The van der Waals surface area contributed by atoms with Crippen LogP contribution in [0.1, 0.15) is 51.9 Å². The van der Waals surface area contributed by atoms with E-state index in [9.17, 15) is 4.39 Å². The fourth-order valence-electron chi connectivity index (χ4n) is 3.08. The second kappa shape index (κ2) is 5.29. The Kier molecular flexibility index (Phi) is 4.01. The molecule has 0 radical (unpaired) electrons. The summed E-state index contributed by atoms with van der Waals surface area (Å²) >= 11 is 0. The third-order valence-electron chi connectivity index (χ3n) is 4.24. The van der Waals surface area contributed by atoms with Crippen molar-refractivity contribution in [3.63, 3.8) is 0 Å². The van der Waals surface area contributed by atoms with E-state index in [-0.39, 0.29) is 6.04 Å². The lowest BCUT2D eigenvalue weighted by Gasteiger charge is -2.34. The molecule has 88 valence electrons. The van der Waals surface area contributed by atoms with Crippen LogP contribution in [0.25, 0.3) is 0 Å². The Balaban J connectivity index is 1.81. The highest BCUT2D eigenvalue weighted by molar-refractivity contribution is 4.86. The Hall–Kier alpha value is -0.110. The molecule has 2 rings (SSSR count). The van der Waals surface area contributed by atoms with Gasteiger partial charge >= 0.3 is 0 Å². The summed E-state index contributed by atoms with van der Waals surface area (Å²) < 4.78 is 14.2. The second-order valence-electron chi connectivity index (χ2n) is 5.52. The molecule has 1 aliphatic heterocycles. The largest absolute Gasteiger partial charge is 0.311 e. The molecule has 1 nitrogen and oxygen atoms in total. The zero-order chi connectivity index (χ0) is 10.7. The van der Waals surface area contributed by atoms with Crippen LogP contribution in [-0.4, -0.2) is 18.8 Å². The minimum absolute atomic E-state index is 0.164. The Morgan fingerprint density at radius 2 is 1.80 bits per heavy atom. The van der Waals surface area contributed by atoms with E-state index in [0.717, 1.165) is 31.7 Å². The van der Waals surface area contributed by atoms with Crippen molar-refractivity contribution in [2.45, 2.75) is 64.1 Å². The average Bonchev–Trinajstić information content (AvgIpc) is 2.30.